The zero-order chi connectivity index (χ0) is 25.2. The quantitative estimate of drug-likeness (QED) is 0.541. The molecule has 0 saturated carbocycles. The molecule has 1 aromatic heterocycles. The lowest BCUT2D eigenvalue weighted by Crippen LogP contribution is -2.58. The maximum atomic E-state index is 15.2. The van der Waals surface area contributed by atoms with Gasteiger partial charge >= 0.3 is 0 Å². The number of anilines is 1. The molecule has 2 unspecified atom stereocenters. The van der Waals surface area contributed by atoms with Crippen LogP contribution in [0.4, 0.5) is 10.1 Å². The van der Waals surface area contributed by atoms with Crippen LogP contribution in [0.3, 0.4) is 0 Å². The molecular weight excluding hydrogens is 473 g/mol. The summed E-state index contributed by atoms with van der Waals surface area (Å²) >= 11 is 5.83. The highest BCUT2D eigenvalue weighted by Crippen LogP contribution is 2.38. The lowest BCUT2D eigenvalue weighted by molar-refractivity contribution is -0.146. The van der Waals surface area contributed by atoms with Gasteiger partial charge in [-0.15, -0.1) is 0 Å². The van der Waals surface area contributed by atoms with Gasteiger partial charge in [-0.05, 0) is 42.8 Å². The number of nitrogens with zero attached hydrogens (tertiary/aromatic N) is 3. The monoisotopic (exact) mass is 495 g/mol. The molecule has 3 aromatic rings. The number of benzene rings is 2. The standard InChI is InChI=1S/C25H23ClFN5O3/c1-25(21(23(34)32(2)24(28)31-25)35-14-15-6-4-3-5-7-15)18-12-17(9-10-19(18)27)30-22(33)20-11-8-16(26)13-29-20/h3-13,21H,14H2,1-2H3,(H2,28,31)(H,30,33). The van der Waals surface area contributed by atoms with Gasteiger partial charge in [0.1, 0.15) is 17.1 Å². The second-order valence-electron chi connectivity index (χ2n) is 8.20. The number of halogens is 2. The summed E-state index contributed by atoms with van der Waals surface area (Å²) in [6, 6.07) is 16.3. The minimum absolute atomic E-state index is 0.0434. The topological polar surface area (TPSA) is 110 Å². The van der Waals surface area contributed by atoms with Crippen molar-refractivity contribution in [3.8, 4) is 0 Å². The number of ether oxygens (including phenoxy) is 1. The van der Waals surface area contributed by atoms with Crippen LogP contribution in [-0.2, 0) is 21.7 Å². The molecule has 10 heteroatoms. The van der Waals surface area contributed by atoms with Gasteiger partial charge in [-0.1, -0.05) is 41.9 Å². The number of nitrogens with one attached hydrogen (secondary N) is 1. The van der Waals surface area contributed by atoms with E-state index in [1.807, 2.05) is 30.3 Å². The highest BCUT2D eigenvalue weighted by Gasteiger charge is 2.48. The number of likely N-dealkylation sites (N-methyl/N-ethyl adjacent to an activating group) is 1. The van der Waals surface area contributed by atoms with E-state index in [-0.39, 0.29) is 29.5 Å². The van der Waals surface area contributed by atoms with Crippen LogP contribution in [0.2, 0.25) is 5.02 Å². The smallest absolute Gasteiger partial charge is 0.274 e. The van der Waals surface area contributed by atoms with E-state index in [1.54, 1.807) is 6.92 Å². The maximum Gasteiger partial charge on any atom is 0.274 e. The first kappa shape index (κ1) is 24.3. The van der Waals surface area contributed by atoms with Crippen molar-refractivity contribution in [1.82, 2.24) is 9.88 Å². The number of aromatic nitrogens is 1. The van der Waals surface area contributed by atoms with Crippen LogP contribution in [0.25, 0.3) is 0 Å². The van der Waals surface area contributed by atoms with E-state index in [2.05, 4.69) is 15.3 Å². The van der Waals surface area contributed by atoms with Crippen molar-refractivity contribution in [1.29, 1.82) is 0 Å². The first-order valence-electron chi connectivity index (χ1n) is 10.7. The molecule has 0 bridgehead atoms. The number of aliphatic imine (C=N–C) groups is 1. The third-order valence-corrected chi connectivity index (χ3v) is 5.97. The fourth-order valence-electron chi connectivity index (χ4n) is 3.79. The number of carbonyl (C=O) groups is 2. The highest BCUT2D eigenvalue weighted by atomic mass is 35.5. The zero-order valence-electron chi connectivity index (χ0n) is 19.0. The fraction of sp³-hybridized carbons (Fsp3) is 0.200. The Morgan fingerprint density at radius 1 is 1.23 bits per heavy atom. The van der Waals surface area contributed by atoms with Gasteiger partial charge in [0.25, 0.3) is 11.8 Å². The van der Waals surface area contributed by atoms with E-state index in [0.717, 1.165) is 5.56 Å². The van der Waals surface area contributed by atoms with Crippen LogP contribution >= 0.6 is 11.6 Å². The average molecular weight is 496 g/mol. The fourth-order valence-corrected chi connectivity index (χ4v) is 3.90. The minimum Gasteiger partial charge on any atom is -0.369 e. The van der Waals surface area contributed by atoms with E-state index in [1.165, 1.54) is 48.5 Å². The second kappa shape index (κ2) is 9.81. The number of guanidine groups is 1. The van der Waals surface area contributed by atoms with Gasteiger partial charge < -0.3 is 15.8 Å². The Morgan fingerprint density at radius 2 is 1.97 bits per heavy atom. The molecule has 0 aliphatic carbocycles. The molecule has 0 radical (unpaired) electrons. The van der Waals surface area contributed by atoms with Crippen molar-refractivity contribution in [2.75, 3.05) is 12.4 Å². The molecule has 0 saturated heterocycles. The van der Waals surface area contributed by atoms with Crippen molar-refractivity contribution in [3.05, 3.63) is 94.5 Å². The Labute approximate surface area is 206 Å². The molecule has 0 fully saturated rings. The van der Waals surface area contributed by atoms with Crippen molar-refractivity contribution in [3.63, 3.8) is 0 Å². The lowest BCUT2D eigenvalue weighted by Gasteiger charge is -2.40. The Balaban J connectivity index is 1.68. The number of amides is 2. The molecule has 8 nitrogen and oxygen atoms in total. The molecule has 0 spiro atoms. The molecule has 2 aromatic carbocycles. The van der Waals surface area contributed by atoms with Crippen molar-refractivity contribution >= 4 is 35.1 Å². The third kappa shape index (κ3) is 5.01. The summed E-state index contributed by atoms with van der Waals surface area (Å²) < 4.78 is 21.2. The van der Waals surface area contributed by atoms with Crippen molar-refractivity contribution in [2.24, 2.45) is 10.7 Å². The van der Waals surface area contributed by atoms with E-state index < -0.39 is 29.3 Å². The Morgan fingerprint density at radius 3 is 2.66 bits per heavy atom. The predicted octanol–water partition coefficient (Wildman–Crippen LogP) is 3.71. The Kier molecular flexibility index (Phi) is 6.81. The van der Waals surface area contributed by atoms with Gasteiger partial charge in [0.2, 0.25) is 0 Å². The highest BCUT2D eigenvalue weighted by molar-refractivity contribution is 6.30. The predicted molar refractivity (Wildman–Crippen MR) is 130 cm³/mol. The van der Waals surface area contributed by atoms with Crippen LogP contribution in [0.5, 0.6) is 0 Å². The average Bonchev–Trinajstić information content (AvgIpc) is 2.84. The van der Waals surface area contributed by atoms with Crippen molar-refractivity contribution in [2.45, 2.75) is 25.2 Å². The molecule has 3 N–H and O–H groups in total. The van der Waals surface area contributed by atoms with Crippen LogP contribution < -0.4 is 11.1 Å². The van der Waals surface area contributed by atoms with Gasteiger partial charge in [0.15, 0.2) is 12.1 Å². The minimum atomic E-state index is -1.49. The SMILES string of the molecule is CN1C(=O)C(OCc2ccccc2)C(C)(c2cc(NC(=O)c3ccc(Cl)cn3)ccc2F)N=C1N. The largest absolute Gasteiger partial charge is 0.369 e. The van der Waals surface area contributed by atoms with Crippen LogP contribution in [0.15, 0.2) is 71.9 Å². The van der Waals surface area contributed by atoms with E-state index in [0.29, 0.717) is 5.02 Å². The Bertz CT molecular complexity index is 1290. The summed E-state index contributed by atoms with van der Waals surface area (Å²) in [5.74, 6) is -1.67. The molecule has 2 heterocycles. The number of hydrogen-bond donors (Lipinski definition) is 2. The summed E-state index contributed by atoms with van der Waals surface area (Å²) in [4.78, 5) is 35.4. The number of pyridine rings is 1. The summed E-state index contributed by atoms with van der Waals surface area (Å²) in [6.45, 7) is 1.68. The number of rotatable bonds is 6. The van der Waals surface area contributed by atoms with Crippen LogP contribution in [0.1, 0.15) is 28.5 Å². The number of carbonyl (C=O) groups excluding carboxylic acids is 2. The van der Waals surface area contributed by atoms with Gasteiger partial charge in [-0.3, -0.25) is 14.5 Å². The van der Waals surface area contributed by atoms with E-state index in [9.17, 15) is 9.59 Å². The van der Waals surface area contributed by atoms with Gasteiger partial charge in [-0.2, -0.15) is 0 Å². The van der Waals surface area contributed by atoms with Gasteiger partial charge in [0, 0.05) is 24.5 Å². The molecule has 1 aliphatic rings. The van der Waals surface area contributed by atoms with E-state index in [4.69, 9.17) is 22.1 Å². The van der Waals surface area contributed by atoms with Crippen molar-refractivity contribution < 1.29 is 18.7 Å². The summed E-state index contributed by atoms with van der Waals surface area (Å²) in [6.07, 6.45) is 0.183. The van der Waals surface area contributed by atoms with Gasteiger partial charge in [-0.25, -0.2) is 14.4 Å². The Hall–Kier alpha value is -3.82. The molecule has 180 valence electrons. The first-order chi connectivity index (χ1) is 16.7. The molecule has 2 amide bonds. The maximum absolute atomic E-state index is 15.2. The zero-order valence-corrected chi connectivity index (χ0v) is 19.8. The number of hydrogen-bond acceptors (Lipinski definition) is 6. The molecule has 4 rings (SSSR count). The van der Waals surface area contributed by atoms with Crippen LogP contribution in [-0.4, -0.2) is 40.8 Å². The normalized spacial score (nSPS) is 19.9. The summed E-state index contributed by atoms with van der Waals surface area (Å²) in [7, 11) is 1.48. The van der Waals surface area contributed by atoms with Gasteiger partial charge in [0.05, 0.1) is 11.6 Å². The van der Waals surface area contributed by atoms with Crippen LogP contribution in [0, 0.1) is 5.82 Å². The summed E-state index contributed by atoms with van der Waals surface area (Å²) in [5, 5.41) is 3.07. The second-order valence-corrected chi connectivity index (χ2v) is 8.64. The molecule has 2 atom stereocenters. The molecular formula is C25H23ClFN5O3. The molecule has 1 aliphatic heterocycles. The lowest BCUT2D eigenvalue weighted by atomic mass is 9.84. The number of nitrogens with two attached hydrogens (primary N) is 1. The first-order valence-corrected chi connectivity index (χ1v) is 11.1. The third-order valence-electron chi connectivity index (χ3n) is 5.74. The van der Waals surface area contributed by atoms with E-state index >= 15 is 4.39 Å². The summed E-state index contributed by atoms with van der Waals surface area (Å²) in [5.41, 5.74) is 5.80. The molecule has 35 heavy (non-hydrogen) atoms.